The van der Waals surface area contributed by atoms with Crippen molar-refractivity contribution in [2.24, 2.45) is 11.8 Å². The van der Waals surface area contributed by atoms with E-state index in [1.54, 1.807) is 12.1 Å². The zero-order valence-corrected chi connectivity index (χ0v) is 13.2. The molecule has 2 rings (SSSR count). The van der Waals surface area contributed by atoms with Crippen LogP contribution in [0.1, 0.15) is 31.7 Å². The largest absolute Gasteiger partial charge is 0.352 e. The number of rotatable bonds is 5. The summed E-state index contributed by atoms with van der Waals surface area (Å²) in [6.45, 7) is 4.73. The molecule has 2 atom stereocenters. The fourth-order valence-corrected chi connectivity index (χ4v) is 2.70. The van der Waals surface area contributed by atoms with E-state index in [0.29, 0.717) is 24.8 Å². The summed E-state index contributed by atoms with van der Waals surface area (Å²) >= 11 is 0. The van der Waals surface area contributed by atoms with Crippen molar-refractivity contribution in [3.05, 3.63) is 35.6 Å². The molecule has 1 heterocycles. The first-order chi connectivity index (χ1) is 9.65. The van der Waals surface area contributed by atoms with Crippen molar-refractivity contribution in [3.8, 4) is 0 Å². The number of amides is 1. The molecule has 0 bridgehead atoms. The van der Waals surface area contributed by atoms with Gasteiger partial charge in [-0.2, -0.15) is 0 Å². The molecule has 1 fully saturated rings. The molecule has 3 nitrogen and oxygen atoms in total. The van der Waals surface area contributed by atoms with Crippen LogP contribution >= 0.6 is 12.4 Å². The van der Waals surface area contributed by atoms with Crippen LogP contribution in [-0.2, 0) is 11.3 Å². The molecule has 5 heteroatoms. The lowest BCUT2D eigenvalue weighted by Crippen LogP contribution is -2.35. The van der Waals surface area contributed by atoms with Gasteiger partial charge in [0.15, 0.2) is 0 Å². The van der Waals surface area contributed by atoms with Crippen molar-refractivity contribution in [1.29, 1.82) is 0 Å². The maximum atomic E-state index is 12.8. The SMILES string of the molecule is CC(CC(=O)NCc1ccc(F)cc1)C1CCCNC1.Cl. The van der Waals surface area contributed by atoms with Gasteiger partial charge in [0.25, 0.3) is 0 Å². The van der Waals surface area contributed by atoms with E-state index in [-0.39, 0.29) is 24.1 Å². The van der Waals surface area contributed by atoms with Gasteiger partial charge < -0.3 is 10.6 Å². The second kappa shape index (κ2) is 9.00. The van der Waals surface area contributed by atoms with E-state index in [2.05, 4.69) is 17.6 Å². The van der Waals surface area contributed by atoms with Gasteiger partial charge in [0.05, 0.1) is 0 Å². The molecular weight excluding hydrogens is 291 g/mol. The van der Waals surface area contributed by atoms with Gasteiger partial charge in [-0.1, -0.05) is 19.1 Å². The molecule has 21 heavy (non-hydrogen) atoms. The Balaban J connectivity index is 0.00000220. The second-order valence-electron chi connectivity index (χ2n) is 5.69. The summed E-state index contributed by atoms with van der Waals surface area (Å²) in [5.74, 6) is 0.822. The first kappa shape index (κ1) is 17.9. The Kier molecular flexibility index (Phi) is 7.68. The minimum atomic E-state index is -0.251. The van der Waals surface area contributed by atoms with Crippen LogP contribution in [0.4, 0.5) is 4.39 Å². The van der Waals surface area contributed by atoms with E-state index in [4.69, 9.17) is 0 Å². The maximum absolute atomic E-state index is 12.8. The van der Waals surface area contributed by atoms with E-state index in [1.807, 2.05) is 0 Å². The summed E-state index contributed by atoms with van der Waals surface area (Å²) in [6, 6.07) is 6.23. The lowest BCUT2D eigenvalue weighted by Gasteiger charge is -2.28. The highest BCUT2D eigenvalue weighted by Gasteiger charge is 2.21. The Hall–Kier alpha value is -1.13. The van der Waals surface area contributed by atoms with E-state index < -0.39 is 0 Å². The van der Waals surface area contributed by atoms with Gasteiger partial charge in [-0.3, -0.25) is 4.79 Å². The van der Waals surface area contributed by atoms with Crippen molar-refractivity contribution in [3.63, 3.8) is 0 Å². The van der Waals surface area contributed by atoms with Crippen LogP contribution in [0.15, 0.2) is 24.3 Å². The van der Waals surface area contributed by atoms with Gasteiger partial charge in [0.1, 0.15) is 5.82 Å². The molecule has 1 saturated heterocycles. The standard InChI is InChI=1S/C16H23FN2O.ClH/c1-12(14-3-2-8-18-11-14)9-16(20)19-10-13-4-6-15(17)7-5-13;/h4-7,12,14,18H,2-3,8-11H2,1H3,(H,19,20);1H. The molecule has 1 aliphatic heterocycles. The number of carbonyl (C=O) groups excluding carboxylic acids is 1. The van der Waals surface area contributed by atoms with Crippen LogP contribution in [0.3, 0.4) is 0 Å². The number of nitrogens with one attached hydrogen (secondary N) is 2. The molecular formula is C16H24ClFN2O. The summed E-state index contributed by atoms with van der Waals surface area (Å²) in [5.41, 5.74) is 0.923. The Morgan fingerprint density at radius 1 is 1.43 bits per heavy atom. The zero-order valence-electron chi connectivity index (χ0n) is 12.4. The fraction of sp³-hybridized carbons (Fsp3) is 0.562. The third kappa shape index (κ3) is 6.02. The van der Waals surface area contributed by atoms with Gasteiger partial charge in [-0.05, 0) is 55.5 Å². The summed E-state index contributed by atoms with van der Waals surface area (Å²) in [6.07, 6.45) is 2.97. The number of carbonyl (C=O) groups is 1. The predicted molar refractivity (Wildman–Crippen MR) is 84.9 cm³/mol. The van der Waals surface area contributed by atoms with E-state index in [9.17, 15) is 9.18 Å². The van der Waals surface area contributed by atoms with E-state index in [1.165, 1.54) is 25.0 Å². The van der Waals surface area contributed by atoms with Gasteiger partial charge in [0, 0.05) is 13.0 Å². The number of benzene rings is 1. The smallest absolute Gasteiger partial charge is 0.220 e. The van der Waals surface area contributed by atoms with Crippen LogP contribution in [0.5, 0.6) is 0 Å². The number of piperidine rings is 1. The number of hydrogen-bond donors (Lipinski definition) is 2. The minimum Gasteiger partial charge on any atom is -0.352 e. The Morgan fingerprint density at radius 3 is 2.76 bits per heavy atom. The molecule has 0 aliphatic carbocycles. The summed E-state index contributed by atoms with van der Waals surface area (Å²) < 4.78 is 12.8. The lowest BCUT2D eigenvalue weighted by molar-refractivity contribution is -0.122. The zero-order chi connectivity index (χ0) is 14.4. The molecule has 0 saturated carbocycles. The predicted octanol–water partition coefficient (Wildman–Crippen LogP) is 2.89. The molecule has 1 amide bonds. The highest BCUT2D eigenvalue weighted by molar-refractivity contribution is 5.85. The Bertz CT molecular complexity index is 432. The van der Waals surface area contributed by atoms with Gasteiger partial charge in [-0.15, -0.1) is 12.4 Å². The lowest BCUT2D eigenvalue weighted by atomic mass is 9.85. The van der Waals surface area contributed by atoms with Crippen molar-refractivity contribution in [2.75, 3.05) is 13.1 Å². The van der Waals surface area contributed by atoms with Gasteiger partial charge in [0.2, 0.25) is 5.91 Å². The van der Waals surface area contributed by atoms with Crippen LogP contribution in [0.2, 0.25) is 0 Å². The molecule has 1 aromatic carbocycles. The average Bonchev–Trinajstić information content (AvgIpc) is 2.47. The molecule has 2 N–H and O–H groups in total. The normalized spacial score (nSPS) is 19.4. The van der Waals surface area contributed by atoms with E-state index >= 15 is 0 Å². The Labute approximate surface area is 132 Å². The monoisotopic (exact) mass is 314 g/mol. The summed E-state index contributed by atoms with van der Waals surface area (Å²) in [4.78, 5) is 11.9. The fourth-order valence-electron chi connectivity index (χ4n) is 2.70. The maximum Gasteiger partial charge on any atom is 0.220 e. The second-order valence-corrected chi connectivity index (χ2v) is 5.69. The van der Waals surface area contributed by atoms with Crippen molar-refractivity contribution in [2.45, 2.75) is 32.7 Å². The van der Waals surface area contributed by atoms with Crippen LogP contribution < -0.4 is 10.6 Å². The molecule has 1 aromatic rings. The number of halogens is 2. The van der Waals surface area contributed by atoms with Gasteiger partial charge >= 0.3 is 0 Å². The average molecular weight is 315 g/mol. The summed E-state index contributed by atoms with van der Waals surface area (Å²) in [7, 11) is 0. The third-order valence-corrected chi connectivity index (χ3v) is 4.05. The van der Waals surface area contributed by atoms with Crippen molar-refractivity contribution in [1.82, 2.24) is 10.6 Å². The topological polar surface area (TPSA) is 41.1 Å². The quantitative estimate of drug-likeness (QED) is 0.877. The first-order valence-corrected chi connectivity index (χ1v) is 7.37. The minimum absolute atomic E-state index is 0. The van der Waals surface area contributed by atoms with Crippen molar-refractivity contribution < 1.29 is 9.18 Å². The molecule has 2 unspecified atom stereocenters. The highest BCUT2D eigenvalue weighted by Crippen LogP contribution is 2.22. The first-order valence-electron chi connectivity index (χ1n) is 7.37. The molecule has 1 aliphatic rings. The Morgan fingerprint density at radius 2 is 2.14 bits per heavy atom. The van der Waals surface area contributed by atoms with Crippen LogP contribution in [0, 0.1) is 17.7 Å². The molecule has 118 valence electrons. The molecule has 0 radical (unpaired) electrons. The highest BCUT2D eigenvalue weighted by atomic mass is 35.5. The van der Waals surface area contributed by atoms with Crippen LogP contribution in [-0.4, -0.2) is 19.0 Å². The number of hydrogen-bond acceptors (Lipinski definition) is 2. The third-order valence-electron chi connectivity index (χ3n) is 4.05. The molecule has 0 spiro atoms. The van der Waals surface area contributed by atoms with E-state index in [0.717, 1.165) is 18.7 Å². The summed E-state index contributed by atoms with van der Waals surface area (Å²) in [5, 5.41) is 6.29. The molecule has 0 aromatic heterocycles. The van der Waals surface area contributed by atoms with Crippen molar-refractivity contribution >= 4 is 18.3 Å². The van der Waals surface area contributed by atoms with Crippen LogP contribution in [0.25, 0.3) is 0 Å². The van der Waals surface area contributed by atoms with Gasteiger partial charge in [-0.25, -0.2) is 4.39 Å².